The summed E-state index contributed by atoms with van der Waals surface area (Å²) in [6.07, 6.45) is 3.78. The molecule has 1 heterocycles. The summed E-state index contributed by atoms with van der Waals surface area (Å²) >= 11 is 0. The molecule has 2 rings (SSSR count). The number of carbonyl (C=O) groups is 2. The van der Waals surface area contributed by atoms with Gasteiger partial charge < -0.3 is 15.2 Å². The van der Waals surface area contributed by atoms with E-state index >= 15 is 0 Å². The number of amides is 1. The zero-order valence-corrected chi connectivity index (χ0v) is 12.2. The third kappa shape index (κ3) is 4.34. The molecule has 1 aromatic carbocycles. The van der Waals surface area contributed by atoms with Crippen molar-refractivity contribution in [2.24, 2.45) is 0 Å². The van der Waals surface area contributed by atoms with Gasteiger partial charge in [0, 0.05) is 24.7 Å². The van der Waals surface area contributed by atoms with E-state index in [1.807, 2.05) is 0 Å². The maximum Gasteiger partial charge on any atom is 0.303 e. The van der Waals surface area contributed by atoms with Crippen molar-refractivity contribution >= 4 is 17.6 Å². The van der Waals surface area contributed by atoms with E-state index in [0.717, 1.165) is 0 Å². The molecule has 0 saturated heterocycles. The minimum atomic E-state index is -0.833. The van der Waals surface area contributed by atoms with E-state index in [2.05, 4.69) is 10.4 Å². The molecule has 2 aromatic rings. The van der Waals surface area contributed by atoms with Crippen molar-refractivity contribution in [1.29, 1.82) is 0 Å². The summed E-state index contributed by atoms with van der Waals surface area (Å²) < 4.78 is 6.64. The summed E-state index contributed by atoms with van der Waals surface area (Å²) in [7, 11) is 1.56. The number of aliphatic carboxylic acids is 1. The fourth-order valence-corrected chi connectivity index (χ4v) is 1.89. The second-order valence-electron chi connectivity index (χ2n) is 4.67. The Morgan fingerprint density at radius 1 is 1.32 bits per heavy atom. The molecule has 0 fully saturated rings. The minimum absolute atomic E-state index is 0.0907. The van der Waals surface area contributed by atoms with Crippen LogP contribution in [0.3, 0.4) is 0 Å². The van der Waals surface area contributed by atoms with E-state index in [-0.39, 0.29) is 12.3 Å². The molecule has 0 spiro atoms. The van der Waals surface area contributed by atoms with Crippen LogP contribution in [-0.4, -0.2) is 33.9 Å². The Morgan fingerprint density at radius 3 is 2.68 bits per heavy atom. The summed E-state index contributed by atoms with van der Waals surface area (Å²) in [5.41, 5.74) is 1.08. The lowest BCUT2D eigenvalue weighted by Gasteiger charge is -2.04. The van der Waals surface area contributed by atoms with Gasteiger partial charge in [0.05, 0.1) is 19.0 Å². The van der Waals surface area contributed by atoms with Crippen LogP contribution in [0.25, 0.3) is 0 Å². The van der Waals surface area contributed by atoms with Crippen LogP contribution >= 0.6 is 0 Å². The zero-order valence-electron chi connectivity index (χ0n) is 12.2. The number of carbonyl (C=O) groups excluding carboxylic acids is 1. The highest BCUT2D eigenvalue weighted by Gasteiger charge is 2.08. The quantitative estimate of drug-likeness (QED) is 0.816. The van der Waals surface area contributed by atoms with Crippen LogP contribution in [0.2, 0.25) is 0 Å². The zero-order chi connectivity index (χ0) is 15.9. The number of nitrogens with zero attached hydrogens (tertiary/aromatic N) is 2. The Morgan fingerprint density at radius 2 is 2.05 bits per heavy atom. The largest absolute Gasteiger partial charge is 0.497 e. The number of rotatable bonds is 7. The summed E-state index contributed by atoms with van der Waals surface area (Å²) in [5.74, 6) is -0.393. The van der Waals surface area contributed by atoms with Crippen molar-refractivity contribution in [3.05, 3.63) is 42.2 Å². The van der Waals surface area contributed by atoms with Crippen LogP contribution < -0.4 is 10.1 Å². The number of hydrogen-bond donors (Lipinski definition) is 2. The highest BCUT2D eigenvalue weighted by atomic mass is 16.5. The Hall–Kier alpha value is -2.83. The van der Waals surface area contributed by atoms with E-state index in [0.29, 0.717) is 30.0 Å². The van der Waals surface area contributed by atoms with Crippen molar-refractivity contribution in [2.75, 3.05) is 12.4 Å². The van der Waals surface area contributed by atoms with Crippen LogP contribution in [0.1, 0.15) is 23.2 Å². The van der Waals surface area contributed by atoms with Crippen LogP contribution in [0.15, 0.2) is 36.7 Å². The first kappa shape index (κ1) is 15.6. The maximum atomic E-state index is 12.1. The molecule has 7 nitrogen and oxygen atoms in total. The van der Waals surface area contributed by atoms with E-state index in [1.54, 1.807) is 42.3 Å². The molecule has 22 heavy (non-hydrogen) atoms. The molecule has 1 amide bonds. The molecule has 0 radical (unpaired) electrons. The Bertz CT molecular complexity index is 649. The van der Waals surface area contributed by atoms with Crippen LogP contribution in [0.5, 0.6) is 5.75 Å². The van der Waals surface area contributed by atoms with Crippen molar-refractivity contribution in [3.8, 4) is 5.75 Å². The normalized spacial score (nSPS) is 10.2. The predicted molar refractivity (Wildman–Crippen MR) is 80.0 cm³/mol. The summed E-state index contributed by atoms with van der Waals surface area (Å²) in [5, 5.41) is 15.4. The van der Waals surface area contributed by atoms with Crippen LogP contribution in [0.4, 0.5) is 5.69 Å². The van der Waals surface area contributed by atoms with Gasteiger partial charge in [-0.3, -0.25) is 14.3 Å². The lowest BCUT2D eigenvalue weighted by molar-refractivity contribution is -0.137. The first-order valence-corrected chi connectivity index (χ1v) is 6.78. The molecule has 0 aliphatic rings. The first-order valence-electron chi connectivity index (χ1n) is 6.78. The third-order valence-corrected chi connectivity index (χ3v) is 3.02. The number of carboxylic acid groups (broad SMARTS) is 1. The van der Waals surface area contributed by atoms with E-state index in [1.165, 1.54) is 6.20 Å². The number of ether oxygens (including phenoxy) is 1. The molecular weight excluding hydrogens is 286 g/mol. The second-order valence-corrected chi connectivity index (χ2v) is 4.67. The van der Waals surface area contributed by atoms with Crippen molar-refractivity contribution in [2.45, 2.75) is 19.4 Å². The molecule has 0 atom stereocenters. The third-order valence-electron chi connectivity index (χ3n) is 3.02. The summed E-state index contributed by atoms with van der Waals surface area (Å²) in [6.45, 7) is 0.491. The highest BCUT2D eigenvalue weighted by molar-refractivity contribution is 6.04. The molecule has 2 N–H and O–H groups in total. The molecule has 0 aliphatic heterocycles. The van der Waals surface area contributed by atoms with E-state index < -0.39 is 5.97 Å². The average molecular weight is 303 g/mol. The van der Waals surface area contributed by atoms with E-state index in [4.69, 9.17) is 9.84 Å². The number of benzene rings is 1. The van der Waals surface area contributed by atoms with Crippen LogP contribution in [-0.2, 0) is 11.3 Å². The second kappa shape index (κ2) is 7.26. The first-order chi connectivity index (χ1) is 10.6. The lowest BCUT2D eigenvalue weighted by atomic mass is 10.2. The molecule has 0 bridgehead atoms. The standard InChI is InChI=1S/C15H17N3O4/c1-22-13-6-4-11(5-7-13)15(21)17-12-9-16-18(10-12)8-2-3-14(19)20/h4-7,9-10H,2-3,8H2,1H3,(H,17,21)(H,19,20). The van der Waals surface area contributed by atoms with Gasteiger partial charge in [-0.2, -0.15) is 5.10 Å². The number of aryl methyl sites for hydroxylation is 1. The maximum absolute atomic E-state index is 12.1. The molecule has 1 aromatic heterocycles. The monoisotopic (exact) mass is 303 g/mol. The average Bonchev–Trinajstić information content (AvgIpc) is 2.94. The van der Waals surface area contributed by atoms with Crippen molar-refractivity contribution in [1.82, 2.24) is 9.78 Å². The van der Waals surface area contributed by atoms with Gasteiger partial charge in [0.1, 0.15) is 5.75 Å². The SMILES string of the molecule is COc1ccc(C(=O)Nc2cnn(CCCC(=O)O)c2)cc1. The number of carboxylic acids is 1. The Labute approximate surface area is 127 Å². The number of aromatic nitrogens is 2. The molecule has 0 saturated carbocycles. The van der Waals surface area contributed by atoms with E-state index in [9.17, 15) is 9.59 Å². The lowest BCUT2D eigenvalue weighted by Crippen LogP contribution is -2.11. The molecule has 7 heteroatoms. The fraction of sp³-hybridized carbons (Fsp3) is 0.267. The molecule has 0 unspecified atom stereocenters. The summed E-state index contributed by atoms with van der Waals surface area (Å²) in [6, 6.07) is 6.77. The van der Waals surface area contributed by atoms with Gasteiger partial charge in [0.25, 0.3) is 5.91 Å². The predicted octanol–water partition coefficient (Wildman–Crippen LogP) is 2.01. The smallest absolute Gasteiger partial charge is 0.303 e. The Kier molecular flexibility index (Phi) is 5.13. The number of hydrogen-bond acceptors (Lipinski definition) is 4. The van der Waals surface area contributed by atoms with Gasteiger partial charge in [-0.15, -0.1) is 0 Å². The van der Waals surface area contributed by atoms with Crippen molar-refractivity contribution in [3.63, 3.8) is 0 Å². The molecule has 116 valence electrons. The fourth-order valence-electron chi connectivity index (χ4n) is 1.89. The summed E-state index contributed by atoms with van der Waals surface area (Å²) in [4.78, 5) is 22.5. The van der Waals surface area contributed by atoms with Crippen molar-refractivity contribution < 1.29 is 19.4 Å². The van der Waals surface area contributed by atoms with Gasteiger partial charge >= 0.3 is 5.97 Å². The topological polar surface area (TPSA) is 93.5 Å². The number of methoxy groups -OCH3 is 1. The van der Waals surface area contributed by atoms with Gasteiger partial charge in [-0.25, -0.2) is 0 Å². The van der Waals surface area contributed by atoms with Gasteiger partial charge in [0.15, 0.2) is 0 Å². The van der Waals surface area contributed by atoms with Gasteiger partial charge in [0.2, 0.25) is 0 Å². The van der Waals surface area contributed by atoms with Gasteiger partial charge in [-0.1, -0.05) is 0 Å². The number of nitrogens with one attached hydrogen (secondary N) is 1. The van der Waals surface area contributed by atoms with Crippen LogP contribution in [0, 0.1) is 0 Å². The van der Waals surface area contributed by atoms with Gasteiger partial charge in [-0.05, 0) is 30.7 Å². The number of anilines is 1. The molecule has 0 aliphatic carbocycles. The minimum Gasteiger partial charge on any atom is -0.497 e. The molecular formula is C15H17N3O4. The Balaban J connectivity index is 1.91. The highest BCUT2D eigenvalue weighted by Crippen LogP contribution is 2.13.